The number of rotatable bonds is 0. The summed E-state index contributed by atoms with van der Waals surface area (Å²) in [5.74, 6) is 6.62. The zero-order valence-corrected chi connectivity index (χ0v) is 34.9. The van der Waals surface area contributed by atoms with Gasteiger partial charge < -0.3 is 9.80 Å². The van der Waals surface area contributed by atoms with Crippen LogP contribution in [-0.4, -0.2) is 17.8 Å². The molecule has 2 nitrogen and oxygen atoms in total. The molecule has 55 heavy (non-hydrogen) atoms. The predicted octanol–water partition coefficient (Wildman–Crippen LogP) is 11.0. The number of aryl methyl sites for hydroxylation is 2. The minimum absolute atomic E-state index is 0.0800. The first-order valence-electron chi connectivity index (χ1n) is 23.7. The highest BCUT2D eigenvalue weighted by atomic mass is 15.3. The van der Waals surface area contributed by atoms with Crippen LogP contribution in [0.1, 0.15) is 153 Å². The summed E-state index contributed by atoms with van der Waals surface area (Å²) >= 11 is 0. The minimum atomic E-state index is 0.0800. The van der Waals surface area contributed by atoms with Gasteiger partial charge in [0.25, 0.3) is 6.71 Å². The van der Waals surface area contributed by atoms with Crippen molar-refractivity contribution in [2.75, 3.05) is 9.80 Å². The van der Waals surface area contributed by atoms with Gasteiger partial charge in [-0.3, -0.25) is 0 Å². The van der Waals surface area contributed by atoms with E-state index in [0.29, 0.717) is 6.71 Å². The third-order valence-corrected chi connectivity index (χ3v) is 21.1. The monoisotopic (exact) mass is 729 g/mol. The fourth-order valence-electron chi connectivity index (χ4n) is 19.3. The predicted molar refractivity (Wildman–Crippen MR) is 231 cm³/mol. The molecule has 3 heteroatoms. The second kappa shape index (κ2) is 10.7. The van der Waals surface area contributed by atoms with Gasteiger partial charge in [0.05, 0.1) is 11.1 Å². The number of fused-ring (bicyclic) bond motifs is 20. The van der Waals surface area contributed by atoms with Crippen molar-refractivity contribution in [2.24, 2.45) is 47.3 Å². The van der Waals surface area contributed by atoms with Crippen molar-refractivity contribution in [1.29, 1.82) is 0 Å². The lowest BCUT2D eigenvalue weighted by Gasteiger charge is -2.66. The molecule has 13 rings (SSSR count). The summed E-state index contributed by atoms with van der Waals surface area (Å²) < 4.78 is 0. The third-order valence-electron chi connectivity index (χ3n) is 21.1. The van der Waals surface area contributed by atoms with Gasteiger partial charge >= 0.3 is 0 Å². The molecule has 10 aliphatic rings. The van der Waals surface area contributed by atoms with E-state index >= 15 is 0 Å². The van der Waals surface area contributed by atoms with Crippen LogP contribution in [0.2, 0.25) is 0 Å². The molecule has 286 valence electrons. The Balaban J connectivity index is 1.12. The van der Waals surface area contributed by atoms with Crippen LogP contribution >= 0.6 is 0 Å². The Morgan fingerprint density at radius 2 is 0.836 bits per heavy atom. The lowest BCUT2D eigenvalue weighted by atomic mass is 9.33. The lowest BCUT2D eigenvalue weighted by Crippen LogP contribution is -2.72. The summed E-state index contributed by atoms with van der Waals surface area (Å²) in [5, 5.41) is 0. The topological polar surface area (TPSA) is 6.48 Å². The molecule has 0 N–H and O–H groups in total. The van der Waals surface area contributed by atoms with Crippen LogP contribution < -0.4 is 26.2 Å². The standard InChI is InChI=1S/C52H65BN2/c1-30-26-28-40-47-44(30)49(3)36-20-11-7-16-32(36)34-18-9-13-22-38(34)51(49,5)54(47)42-24-15-25-43-46(42)53(40)41-29-27-31(2)45-48(41)55(43)52(6)39-23-14-10-19-35(39)33-17-8-12-21-37(33)50(45,52)4/h15,24-29,32-39H,7-14,16-23H2,1-6H3. The highest BCUT2D eigenvalue weighted by Gasteiger charge is 2.74. The van der Waals surface area contributed by atoms with Crippen LogP contribution in [0, 0.1) is 61.2 Å². The zero-order chi connectivity index (χ0) is 37.0. The summed E-state index contributed by atoms with van der Waals surface area (Å²) in [7, 11) is 0. The molecule has 6 fully saturated rings. The first kappa shape index (κ1) is 33.3. The van der Waals surface area contributed by atoms with E-state index in [-0.39, 0.29) is 21.9 Å². The van der Waals surface area contributed by atoms with E-state index in [1.54, 1.807) is 61.4 Å². The number of benzene rings is 3. The summed E-state index contributed by atoms with van der Waals surface area (Å²) in [4.78, 5) is 6.24. The molecular formula is C52H65BN2. The summed E-state index contributed by atoms with van der Waals surface area (Å²) in [5.41, 5.74) is 18.6. The van der Waals surface area contributed by atoms with E-state index < -0.39 is 0 Å². The zero-order valence-electron chi connectivity index (χ0n) is 34.9. The molecule has 4 aliphatic heterocycles. The molecule has 6 saturated carbocycles. The van der Waals surface area contributed by atoms with Gasteiger partial charge in [-0.05, 0) is 177 Å². The number of anilines is 4. The van der Waals surface area contributed by atoms with Crippen molar-refractivity contribution in [1.82, 2.24) is 0 Å². The normalized spacial score (nSPS) is 43.6. The van der Waals surface area contributed by atoms with Crippen LogP contribution in [0.3, 0.4) is 0 Å². The van der Waals surface area contributed by atoms with Crippen LogP contribution in [-0.2, 0) is 10.8 Å². The highest BCUT2D eigenvalue weighted by Crippen LogP contribution is 2.74. The van der Waals surface area contributed by atoms with E-state index in [1.807, 2.05) is 0 Å². The largest absolute Gasteiger partial charge is 0.335 e. The van der Waals surface area contributed by atoms with Crippen molar-refractivity contribution in [3.05, 3.63) is 64.7 Å². The van der Waals surface area contributed by atoms with Crippen LogP contribution in [0.4, 0.5) is 22.7 Å². The van der Waals surface area contributed by atoms with E-state index in [2.05, 4.69) is 93.8 Å². The summed E-state index contributed by atoms with van der Waals surface area (Å²) in [6.07, 6.45) is 23.0. The molecule has 12 atom stereocenters. The first-order chi connectivity index (χ1) is 26.7. The molecule has 0 saturated heterocycles. The first-order valence-corrected chi connectivity index (χ1v) is 23.7. The molecule has 0 radical (unpaired) electrons. The number of hydrogen-bond donors (Lipinski definition) is 0. The molecule has 0 bridgehead atoms. The fourth-order valence-corrected chi connectivity index (χ4v) is 19.3. The van der Waals surface area contributed by atoms with Crippen molar-refractivity contribution >= 4 is 45.9 Å². The molecule has 0 aromatic heterocycles. The molecule has 6 aliphatic carbocycles. The van der Waals surface area contributed by atoms with Gasteiger partial charge in [0.1, 0.15) is 0 Å². The van der Waals surface area contributed by atoms with E-state index in [4.69, 9.17) is 0 Å². The Morgan fingerprint density at radius 1 is 0.473 bits per heavy atom. The molecule has 4 heterocycles. The van der Waals surface area contributed by atoms with E-state index in [0.717, 1.165) is 47.3 Å². The van der Waals surface area contributed by atoms with Gasteiger partial charge in [-0.1, -0.05) is 95.5 Å². The maximum atomic E-state index is 3.12. The SMILES string of the molecule is Cc1ccc2c3c1C1(C)C4CCCCC4C4CCCCC4C1(C)N3c1cccc3c1B2c1ccc(C)c2c1N3C1(C)C3CCCCC3C3CCCCC3C21C. The maximum Gasteiger partial charge on any atom is 0.252 e. The molecular weight excluding hydrogens is 663 g/mol. The van der Waals surface area contributed by atoms with E-state index in [1.165, 1.54) is 103 Å². The van der Waals surface area contributed by atoms with Crippen molar-refractivity contribution < 1.29 is 0 Å². The van der Waals surface area contributed by atoms with Gasteiger partial charge in [0.2, 0.25) is 0 Å². The van der Waals surface area contributed by atoms with E-state index in [9.17, 15) is 0 Å². The van der Waals surface area contributed by atoms with Crippen molar-refractivity contribution in [2.45, 2.75) is 166 Å². The number of hydrogen-bond acceptors (Lipinski definition) is 2. The Bertz CT molecular complexity index is 2040. The second-order valence-corrected chi connectivity index (χ2v) is 22.1. The quantitative estimate of drug-likeness (QED) is 0.213. The third kappa shape index (κ3) is 3.41. The summed E-state index contributed by atoms with van der Waals surface area (Å²) in [6.45, 7) is 16.6. The van der Waals surface area contributed by atoms with Crippen LogP contribution in [0.5, 0.6) is 0 Å². The Kier molecular flexibility index (Phi) is 6.47. The molecule has 12 unspecified atom stereocenters. The molecule has 3 aromatic carbocycles. The van der Waals surface area contributed by atoms with Crippen LogP contribution in [0.25, 0.3) is 0 Å². The fraction of sp³-hybridized carbons (Fsp3) is 0.654. The Morgan fingerprint density at radius 3 is 1.25 bits per heavy atom. The average molecular weight is 729 g/mol. The lowest BCUT2D eigenvalue weighted by molar-refractivity contribution is -0.0772. The Labute approximate surface area is 332 Å². The van der Waals surface area contributed by atoms with Crippen LogP contribution in [0.15, 0.2) is 42.5 Å². The average Bonchev–Trinajstić information content (AvgIpc) is 3.59. The smallest absolute Gasteiger partial charge is 0.252 e. The Hall–Kier alpha value is -2.68. The molecule has 3 aromatic rings. The van der Waals surface area contributed by atoms with Crippen molar-refractivity contribution in [3.63, 3.8) is 0 Å². The van der Waals surface area contributed by atoms with Gasteiger partial charge in [-0.2, -0.15) is 0 Å². The summed E-state index contributed by atoms with van der Waals surface area (Å²) in [6, 6.07) is 18.3. The van der Waals surface area contributed by atoms with Gasteiger partial charge in [-0.25, -0.2) is 0 Å². The highest BCUT2D eigenvalue weighted by molar-refractivity contribution is 7.00. The van der Waals surface area contributed by atoms with Crippen molar-refractivity contribution in [3.8, 4) is 0 Å². The van der Waals surface area contributed by atoms with Gasteiger partial charge in [0, 0.05) is 33.6 Å². The van der Waals surface area contributed by atoms with Gasteiger partial charge in [-0.15, -0.1) is 0 Å². The number of nitrogens with zero attached hydrogens (tertiary/aromatic N) is 2. The van der Waals surface area contributed by atoms with Gasteiger partial charge in [0.15, 0.2) is 0 Å². The second-order valence-electron chi connectivity index (χ2n) is 22.1. The maximum absolute atomic E-state index is 3.12. The molecule has 0 amide bonds. The minimum Gasteiger partial charge on any atom is -0.335 e. The molecule has 0 spiro atoms.